The molecule has 2 unspecified atom stereocenters. The molecule has 2 aromatic rings. The second-order valence-electron chi connectivity index (χ2n) is 5.21. The largest absolute Gasteiger partial charge is 0.334 e. The van der Waals surface area contributed by atoms with E-state index in [-0.39, 0.29) is 6.04 Å². The fraction of sp³-hybridized carbons (Fsp3) is 0.538. The van der Waals surface area contributed by atoms with Crippen LogP contribution in [0.25, 0.3) is 11.2 Å². The van der Waals surface area contributed by atoms with Crippen LogP contribution in [0.3, 0.4) is 0 Å². The van der Waals surface area contributed by atoms with E-state index in [1.165, 1.54) is 0 Å². The average Bonchev–Trinajstić information content (AvgIpc) is 2.74. The molecule has 18 heavy (non-hydrogen) atoms. The second-order valence-corrected chi connectivity index (χ2v) is 5.21. The summed E-state index contributed by atoms with van der Waals surface area (Å²) in [5.74, 6) is 0. The molecule has 0 radical (unpaired) electrons. The Morgan fingerprint density at radius 2 is 2.22 bits per heavy atom. The maximum absolute atomic E-state index is 6.06. The summed E-state index contributed by atoms with van der Waals surface area (Å²) in [6.45, 7) is 1.03. The van der Waals surface area contributed by atoms with Crippen LogP contribution in [0.15, 0.2) is 18.5 Å². The third-order valence-corrected chi connectivity index (χ3v) is 3.84. The van der Waals surface area contributed by atoms with Crippen LogP contribution in [0.5, 0.6) is 0 Å². The van der Waals surface area contributed by atoms with Crippen molar-refractivity contribution in [1.29, 1.82) is 0 Å². The molecule has 3 heterocycles. The minimum atomic E-state index is 0.277. The summed E-state index contributed by atoms with van der Waals surface area (Å²) in [5.41, 5.74) is 8.99. The zero-order chi connectivity index (χ0) is 12.7. The number of aryl methyl sites for hydroxylation is 1. The van der Waals surface area contributed by atoms with Crippen LogP contribution in [0, 0.1) is 0 Å². The van der Waals surface area contributed by atoms with E-state index in [0.29, 0.717) is 6.04 Å². The van der Waals surface area contributed by atoms with Gasteiger partial charge < -0.3 is 10.3 Å². The number of nitrogens with two attached hydrogens (primary N) is 1. The van der Waals surface area contributed by atoms with Crippen molar-refractivity contribution in [3.8, 4) is 0 Å². The Balaban J connectivity index is 1.97. The van der Waals surface area contributed by atoms with Crippen LogP contribution >= 0.6 is 0 Å². The van der Waals surface area contributed by atoms with Crippen LogP contribution in [-0.4, -0.2) is 39.1 Å². The lowest BCUT2D eigenvalue weighted by atomic mass is 9.96. The Bertz CT molecular complexity index is 562. The van der Waals surface area contributed by atoms with Gasteiger partial charge in [-0.1, -0.05) is 0 Å². The predicted molar refractivity (Wildman–Crippen MR) is 71.1 cm³/mol. The molecule has 0 amide bonds. The molecule has 0 aromatic carbocycles. The third kappa shape index (κ3) is 1.89. The van der Waals surface area contributed by atoms with Gasteiger partial charge >= 0.3 is 0 Å². The van der Waals surface area contributed by atoms with Gasteiger partial charge in [0.05, 0.1) is 17.9 Å². The van der Waals surface area contributed by atoms with E-state index in [1.807, 2.05) is 30.1 Å². The van der Waals surface area contributed by atoms with Crippen molar-refractivity contribution in [1.82, 2.24) is 19.4 Å². The van der Waals surface area contributed by atoms with Gasteiger partial charge in [-0.05, 0) is 32.5 Å². The lowest BCUT2D eigenvalue weighted by Gasteiger charge is -2.35. The number of aromatic nitrogens is 3. The molecule has 1 aliphatic rings. The number of rotatable bonds is 1. The van der Waals surface area contributed by atoms with Crippen LogP contribution in [-0.2, 0) is 7.05 Å². The summed E-state index contributed by atoms with van der Waals surface area (Å²) in [6.07, 6.45) is 5.91. The highest BCUT2D eigenvalue weighted by atomic mass is 15.2. The first-order chi connectivity index (χ1) is 8.65. The van der Waals surface area contributed by atoms with Gasteiger partial charge in [0.2, 0.25) is 0 Å². The summed E-state index contributed by atoms with van der Waals surface area (Å²) >= 11 is 0. The summed E-state index contributed by atoms with van der Waals surface area (Å²) in [7, 11) is 4.12. The molecule has 2 atom stereocenters. The van der Waals surface area contributed by atoms with E-state index < -0.39 is 0 Å². The van der Waals surface area contributed by atoms with Crippen molar-refractivity contribution in [3.05, 3.63) is 24.2 Å². The smallest absolute Gasteiger partial charge is 0.158 e. The normalized spacial score (nSPS) is 25.7. The summed E-state index contributed by atoms with van der Waals surface area (Å²) < 4.78 is 1.99. The highest BCUT2D eigenvalue weighted by Gasteiger charge is 2.26. The molecule has 0 aliphatic carbocycles. The molecule has 1 fully saturated rings. The first-order valence-corrected chi connectivity index (χ1v) is 6.39. The fourth-order valence-electron chi connectivity index (χ4n) is 2.66. The van der Waals surface area contributed by atoms with Gasteiger partial charge in [0, 0.05) is 19.3 Å². The molecule has 1 saturated heterocycles. The van der Waals surface area contributed by atoms with E-state index in [2.05, 4.69) is 16.9 Å². The van der Waals surface area contributed by atoms with Crippen LogP contribution in [0.4, 0.5) is 0 Å². The van der Waals surface area contributed by atoms with E-state index in [1.54, 1.807) is 0 Å². The summed E-state index contributed by atoms with van der Waals surface area (Å²) in [5, 5.41) is 0. The van der Waals surface area contributed by atoms with Crippen LogP contribution in [0.1, 0.15) is 24.6 Å². The first kappa shape index (κ1) is 11.6. The number of likely N-dealkylation sites (tertiary alicyclic amines) is 1. The molecular weight excluding hydrogens is 226 g/mol. The highest BCUT2D eigenvalue weighted by molar-refractivity contribution is 5.70. The van der Waals surface area contributed by atoms with Crippen molar-refractivity contribution in [2.45, 2.75) is 24.9 Å². The Morgan fingerprint density at radius 1 is 1.39 bits per heavy atom. The number of hydrogen-bond donors (Lipinski definition) is 1. The first-order valence-electron chi connectivity index (χ1n) is 6.39. The highest BCUT2D eigenvalue weighted by Crippen LogP contribution is 2.28. The van der Waals surface area contributed by atoms with Crippen molar-refractivity contribution in [3.63, 3.8) is 0 Å². The minimum absolute atomic E-state index is 0.277. The molecule has 0 bridgehead atoms. The van der Waals surface area contributed by atoms with E-state index >= 15 is 0 Å². The van der Waals surface area contributed by atoms with Gasteiger partial charge in [0.1, 0.15) is 5.52 Å². The van der Waals surface area contributed by atoms with Crippen molar-refractivity contribution < 1.29 is 0 Å². The van der Waals surface area contributed by atoms with Gasteiger partial charge in [0.25, 0.3) is 0 Å². The Kier molecular flexibility index (Phi) is 2.80. The van der Waals surface area contributed by atoms with Crippen molar-refractivity contribution in [2.24, 2.45) is 12.8 Å². The zero-order valence-corrected chi connectivity index (χ0v) is 10.9. The number of nitrogens with zero attached hydrogens (tertiary/aromatic N) is 4. The minimum Gasteiger partial charge on any atom is -0.334 e. The topological polar surface area (TPSA) is 60.0 Å². The lowest BCUT2D eigenvalue weighted by Crippen LogP contribution is -2.40. The molecule has 96 valence electrons. The molecule has 1 aliphatic heterocycles. The van der Waals surface area contributed by atoms with E-state index in [4.69, 9.17) is 10.7 Å². The zero-order valence-electron chi connectivity index (χ0n) is 10.9. The number of hydrogen-bond acceptors (Lipinski definition) is 4. The molecule has 5 heteroatoms. The maximum Gasteiger partial charge on any atom is 0.158 e. The fourth-order valence-corrected chi connectivity index (χ4v) is 2.66. The van der Waals surface area contributed by atoms with Gasteiger partial charge in [0.15, 0.2) is 5.65 Å². The van der Waals surface area contributed by atoms with Crippen molar-refractivity contribution in [2.75, 3.05) is 13.6 Å². The molecule has 5 nitrogen and oxygen atoms in total. The Morgan fingerprint density at radius 3 is 3.06 bits per heavy atom. The third-order valence-electron chi connectivity index (χ3n) is 3.84. The maximum atomic E-state index is 6.06. The second kappa shape index (κ2) is 4.33. The molecule has 0 spiro atoms. The molecule has 0 saturated carbocycles. The molecular formula is C13H19N5. The van der Waals surface area contributed by atoms with E-state index in [0.717, 1.165) is 36.2 Å². The SMILES string of the molecule is CN1CCC(N)CC1c1cnc2c(ccn2C)n1. The van der Waals surface area contributed by atoms with Gasteiger partial charge in [-0.3, -0.25) is 4.90 Å². The molecule has 2 aromatic heterocycles. The van der Waals surface area contributed by atoms with Gasteiger partial charge in [-0.2, -0.15) is 0 Å². The molecule has 2 N–H and O–H groups in total. The summed E-state index contributed by atoms with van der Waals surface area (Å²) in [4.78, 5) is 11.6. The Labute approximate surface area is 107 Å². The monoisotopic (exact) mass is 245 g/mol. The van der Waals surface area contributed by atoms with E-state index in [9.17, 15) is 0 Å². The molecule has 3 rings (SSSR count). The standard InChI is InChI=1S/C13H19N5/c1-17-5-3-9(14)7-12(17)11-8-15-13-10(16-11)4-6-18(13)2/h4,6,8-9,12H,3,5,7,14H2,1-2H3. The quantitative estimate of drug-likeness (QED) is 0.816. The lowest BCUT2D eigenvalue weighted by molar-refractivity contribution is 0.168. The summed E-state index contributed by atoms with van der Waals surface area (Å²) in [6, 6.07) is 2.58. The van der Waals surface area contributed by atoms with Crippen LogP contribution in [0.2, 0.25) is 0 Å². The van der Waals surface area contributed by atoms with Crippen molar-refractivity contribution >= 4 is 11.2 Å². The Hall–Kier alpha value is -1.46. The number of fused-ring (bicyclic) bond motifs is 1. The average molecular weight is 245 g/mol. The number of piperidine rings is 1. The van der Waals surface area contributed by atoms with Gasteiger partial charge in [-0.15, -0.1) is 0 Å². The predicted octanol–water partition coefficient (Wildman–Crippen LogP) is 1.06. The van der Waals surface area contributed by atoms with Crippen LogP contribution < -0.4 is 5.73 Å². The van der Waals surface area contributed by atoms with Gasteiger partial charge in [-0.25, -0.2) is 9.97 Å².